The minimum absolute atomic E-state index is 0.336. The third-order valence-corrected chi connectivity index (χ3v) is 2.03. The summed E-state index contributed by atoms with van der Waals surface area (Å²) in [4.78, 5) is 18.8. The van der Waals surface area contributed by atoms with Gasteiger partial charge in [0.25, 0.3) is 0 Å². The number of carboxylic acids is 1. The number of hydrogen-bond donors (Lipinski definition) is 2. The Labute approximate surface area is 94.2 Å². The number of aryl methyl sites for hydroxylation is 1. The van der Waals surface area contributed by atoms with E-state index < -0.39 is 5.97 Å². The van der Waals surface area contributed by atoms with Gasteiger partial charge in [0.1, 0.15) is 0 Å². The van der Waals surface area contributed by atoms with Gasteiger partial charge in [-0.25, -0.2) is 4.79 Å². The van der Waals surface area contributed by atoms with Crippen molar-refractivity contribution in [2.75, 3.05) is 6.54 Å². The van der Waals surface area contributed by atoms with Crippen LogP contribution in [0.2, 0.25) is 0 Å². The van der Waals surface area contributed by atoms with Crippen molar-refractivity contribution in [1.82, 2.24) is 15.3 Å². The summed E-state index contributed by atoms with van der Waals surface area (Å²) in [6.07, 6.45) is 5.04. The molecule has 0 bridgehead atoms. The van der Waals surface area contributed by atoms with E-state index in [9.17, 15) is 4.79 Å². The molecule has 1 rings (SSSR count). The zero-order valence-electron chi connectivity index (χ0n) is 9.40. The molecule has 86 valence electrons. The SMILES string of the molecule is CC(=CCNCc1cnc(C)cn1)C(=O)O. The van der Waals surface area contributed by atoms with Gasteiger partial charge in [-0.1, -0.05) is 6.08 Å². The summed E-state index contributed by atoms with van der Waals surface area (Å²) in [5, 5.41) is 11.7. The van der Waals surface area contributed by atoms with E-state index >= 15 is 0 Å². The number of rotatable bonds is 5. The van der Waals surface area contributed by atoms with E-state index in [0.717, 1.165) is 11.4 Å². The molecular weight excluding hydrogens is 206 g/mol. The van der Waals surface area contributed by atoms with Crippen LogP contribution >= 0.6 is 0 Å². The molecule has 0 saturated heterocycles. The Hall–Kier alpha value is -1.75. The van der Waals surface area contributed by atoms with Crippen LogP contribution in [0.15, 0.2) is 24.0 Å². The first-order chi connectivity index (χ1) is 7.59. The van der Waals surface area contributed by atoms with Crippen LogP contribution in [0.1, 0.15) is 18.3 Å². The first kappa shape index (κ1) is 12.3. The highest BCUT2D eigenvalue weighted by atomic mass is 16.4. The average molecular weight is 221 g/mol. The lowest BCUT2D eigenvalue weighted by Gasteiger charge is -2.01. The molecule has 5 heteroatoms. The maximum atomic E-state index is 10.5. The van der Waals surface area contributed by atoms with Gasteiger partial charge in [-0.15, -0.1) is 0 Å². The first-order valence-corrected chi connectivity index (χ1v) is 4.98. The molecule has 0 atom stereocenters. The van der Waals surface area contributed by atoms with Crippen LogP contribution in [0.4, 0.5) is 0 Å². The maximum absolute atomic E-state index is 10.5. The zero-order chi connectivity index (χ0) is 12.0. The number of aromatic nitrogens is 2. The second-order valence-corrected chi connectivity index (χ2v) is 3.47. The molecule has 1 aromatic rings. The van der Waals surface area contributed by atoms with Gasteiger partial charge in [0.05, 0.1) is 11.4 Å². The number of nitrogens with one attached hydrogen (secondary N) is 1. The van der Waals surface area contributed by atoms with Crippen LogP contribution in [0.25, 0.3) is 0 Å². The Morgan fingerprint density at radius 3 is 2.81 bits per heavy atom. The quantitative estimate of drug-likeness (QED) is 0.571. The van der Waals surface area contributed by atoms with Crippen LogP contribution in [0.3, 0.4) is 0 Å². The Morgan fingerprint density at radius 1 is 1.50 bits per heavy atom. The van der Waals surface area contributed by atoms with Crippen LogP contribution in [-0.2, 0) is 11.3 Å². The Morgan fingerprint density at radius 2 is 2.25 bits per heavy atom. The Balaban J connectivity index is 2.34. The van der Waals surface area contributed by atoms with Crippen molar-refractivity contribution in [2.45, 2.75) is 20.4 Å². The van der Waals surface area contributed by atoms with Gasteiger partial charge in [-0.3, -0.25) is 9.97 Å². The lowest BCUT2D eigenvalue weighted by Crippen LogP contribution is -2.15. The predicted octanol–water partition coefficient (Wildman–Crippen LogP) is 0.906. The number of carbonyl (C=O) groups is 1. The normalized spacial score (nSPS) is 11.5. The highest BCUT2D eigenvalue weighted by Crippen LogP contribution is 1.94. The van der Waals surface area contributed by atoms with Crippen molar-refractivity contribution in [2.24, 2.45) is 0 Å². The Kier molecular flexibility index (Phi) is 4.60. The molecule has 0 unspecified atom stereocenters. The van der Waals surface area contributed by atoms with Gasteiger partial charge >= 0.3 is 5.97 Å². The molecule has 0 saturated carbocycles. The van der Waals surface area contributed by atoms with E-state index in [1.807, 2.05) is 6.92 Å². The van der Waals surface area contributed by atoms with E-state index in [1.165, 1.54) is 0 Å². The first-order valence-electron chi connectivity index (χ1n) is 4.98. The molecule has 0 fully saturated rings. The molecule has 0 aliphatic carbocycles. The van der Waals surface area contributed by atoms with Crippen molar-refractivity contribution < 1.29 is 9.90 Å². The van der Waals surface area contributed by atoms with Gasteiger partial charge in [-0.05, 0) is 13.8 Å². The third kappa shape index (κ3) is 4.18. The summed E-state index contributed by atoms with van der Waals surface area (Å²) in [5.41, 5.74) is 2.06. The van der Waals surface area contributed by atoms with Crippen LogP contribution in [0.5, 0.6) is 0 Å². The molecule has 0 aliphatic heterocycles. The van der Waals surface area contributed by atoms with Gasteiger partial charge in [0, 0.05) is 31.1 Å². The standard InChI is InChI=1S/C11H15N3O2/c1-8(11(15)16)3-4-12-6-10-7-13-9(2)5-14-10/h3,5,7,12H,4,6H2,1-2H3,(H,15,16). The second kappa shape index (κ2) is 5.97. The van der Waals surface area contributed by atoms with Crippen LogP contribution in [-0.4, -0.2) is 27.6 Å². The van der Waals surface area contributed by atoms with Gasteiger partial charge in [0.2, 0.25) is 0 Å². The van der Waals surface area contributed by atoms with E-state index in [1.54, 1.807) is 25.4 Å². The Bertz CT molecular complexity index is 385. The molecule has 0 aliphatic rings. The molecule has 0 amide bonds. The van der Waals surface area contributed by atoms with Gasteiger partial charge in [0.15, 0.2) is 0 Å². The van der Waals surface area contributed by atoms with Crippen molar-refractivity contribution >= 4 is 5.97 Å². The molecule has 5 nitrogen and oxygen atoms in total. The van der Waals surface area contributed by atoms with Gasteiger partial charge < -0.3 is 10.4 Å². The van der Waals surface area contributed by atoms with Crippen LogP contribution < -0.4 is 5.32 Å². The summed E-state index contributed by atoms with van der Waals surface area (Å²) < 4.78 is 0. The highest BCUT2D eigenvalue weighted by molar-refractivity contribution is 5.85. The fraction of sp³-hybridized carbons (Fsp3) is 0.364. The fourth-order valence-electron chi connectivity index (χ4n) is 1.02. The average Bonchev–Trinajstić information content (AvgIpc) is 2.26. The maximum Gasteiger partial charge on any atom is 0.330 e. The number of hydrogen-bond acceptors (Lipinski definition) is 4. The van der Waals surface area contributed by atoms with Crippen molar-refractivity contribution in [3.63, 3.8) is 0 Å². The molecular formula is C11H15N3O2. The summed E-state index contributed by atoms with van der Waals surface area (Å²) in [5.74, 6) is -0.892. The van der Waals surface area contributed by atoms with Crippen molar-refractivity contribution in [1.29, 1.82) is 0 Å². The van der Waals surface area contributed by atoms with E-state index in [2.05, 4.69) is 15.3 Å². The topological polar surface area (TPSA) is 75.1 Å². The molecule has 2 N–H and O–H groups in total. The summed E-state index contributed by atoms with van der Waals surface area (Å²) in [6, 6.07) is 0. The third-order valence-electron chi connectivity index (χ3n) is 2.03. The second-order valence-electron chi connectivity index (χ2n) is 3.47. The minimum Gasteiger partial charge on any atom is -0.478 e. The lowest BCUT2D eigenvalue weighted by molar-refractivity contribution is -0.132. The molecule has 16 heavy (non-hydrogen) atoms. The molecule has 0 aromatic carbocycles. The smallest absolute Gasteiger partial charge is 0.330 e. The minimum atomic E-state index is -0.892. The van der Waals surface area contributed by atoms with E-state index in [-0.39, 0.29) is 0 Å². The lowest BCUT2D eigenvalue weighted by atomic mass is 10.3. The monoisotopic (exact) mass is 221 g/mol. The van der Waals surface area contributed by atoms with Crippen molar-refractivity contribution in [3.8, 4) is 0 Å². The number of nitrogens with zero attached hydrogens (tertiary/aromatic N) is 2. The number of carboxylic acid groups (broad SMARTS) is 1. The summed E-state index contributed by atoms with van der Waals surface area (Å²) in [6.45, 7) is 4.53. The van der Waals surface area contributed by atoms with Crippen LogP contribution in [0, 0.1) is 6.92 Å². The molecule has 0 spiro atoms. The van der Waals surface area contributed by atoms with E-state index in [4.69, 9.17) is 5.11 Å². The summed E-state index contributed by atoms with van der Waals surface area (Å²) in [7, 11) is 0. The predicted molar refractivity (Wildman–Crippen MR) is 59.9 cm³/mol. The molecule has 1 aromatic heterocycles. The number of aliphatic carboxylic acids is 1. The van der Waals surface area contributed by atoms with Crippen molar-refractivity contribution in [3.05, 3.63) is 35.4 Å². The zero-order valence-corrected chi connectivity index (χ0v) is 9.40. The molecule has 1 heterocycles. The largest absolute Gasteiger partial charge is 0.478 e. The summed E-state index contributed by atoms with van der Waals surface area (Å²) >= 11 is 0. The fourth-order valence-corrected chi connectivity index (χ4v) is 1.02. The van der Waals surface area contributed by atoms with E-state index in [0.29, 0.717) is 18.7 Å². The highest BCUT2D eigenvalue weighted by Gasteiger charge is 1.98. The van der Waals surface area contributed by atoms with Gasteiger partial charge in [-0.2, -0.15) is 0 Å². The molecule has 0 radical (unpaired) electrons.